The zero-order valence-corrected chi connectivity index (χ0v) is 12.3. The minimum Gasteiger partial charge on any atom is -0.342 e. The molecule has 0 aliphatic carbocycles. The quantitative estimate of drug-likeness (QED) is 0.762. The Labute approximate surface area is 118 Å². The van der Waals surface area contributed by atoms with Crippen molar-refractivity contribution in [1.82, 2.24) is 4.90 Å². The lowest BCUT2D eigenvalue weighted by atomic mass is 10.1. The molecule has 106 valence electrons. The molecule has 0 spiro atoms. The first-order valence-corrected chi connectivity index (χ1v) is 6.70. The molecule has 0 aliphatic heterocycles. The van der Waals surface area contributed by atoms with E-state index >= 15 is 0 Å². The van der Waals surface area contributed by atoms with Crippen molar-refractivity contribution in [2.45, 2.75) is 24.3 Å². The molecule has 2 nitrogen and oxygen atoms in total. The van der Waals surface area contributed by atoms with E-state index in [4.69, 9.17) is 0 Å². The molecule has 0 aromatic heterocycles. The number of amides is 1. The smallest absolute Gasteiger partial charge is 0.342 e. The van der Waals surface area contributed by atoms with Crippen molar-refractivity contribution in [3.63, 3.8) is 0 Å². The van der Waals surface area contributed by atoms with Crippen LogP contribution in [-0.4, -0.2) is 29.2 Å². The highest BCUT2D eigenvalue weighted by molar-refractivity contribution is 9.09. The summed E-state index contributed by atoms with van der Waals surface area (Å²) >= 11 is 3.36. The summed E-state index contributed by atoms with van der Waals surface area (Å²) in [5.41, 5.74) is -0.750. The molecule has 1 unspecified atom stereocenters. The van der Waals surface area contributed by atoms with Gasteiger partial charge >= 0.3 is 6.18 Å². The number of hydrogen-bond donors (Lipinski definition) is 0. The van der Waals surface area contributed by atoms with Crippen LogP contribution in [0.15, 0.2) is 24.3 Å². The second kappa shape index (κ2) is 6.41. The zero-order valence-electron chi connectivity index (χ0n) is 10.7. The largest absolute Gasteiger partial charge is 0.416 e. The minimum absolute atomic E-state index is 0.0551. The van der Waals surface area contributed by atoms with E-state index in [1.807, 2.05) is 6.92 Å². The van der Waals surface area contributed by atoms with Gasteiger partial charge in [0.05, 0.1) is 5.56 Å². The summed E-state index contributed by atoms with van der Waals surface area (Å²) in [6.07, 6.45) is -3.69. The van der Waals surface area contributed by atoms with Gasteiger partial charge in [-0.05, 0) is 24.6 Å². The molecule has 0 N–H and O–H groups in total. The SMILES string of the molecule is CC(Br)CCN(C)C(=O)c1cccc(C(F)(F)F)c1. The Morgan fingerprint density at radius 1 is 1.42 bits per heavy atom. The lowest BCUT2D eigenvalue weighted by Crippen LogP contribution is -2.29. The highest BCUT2D eigenvalue weighted by atomic mass is 79.9. The van der Waals surface area contributed by atoms with E-state index in [2.05, 4.69) is 15.9 Å². The van der Waals surface area contributed by atoms with Gasteiger partial charge in [0.15, 0.2) is 0 Å². The average Bonchev–Trinajstić information content (AvgIpc) is 2.34. The predicted octanol–water partition coefficient (Wildman–Crippen LogP) is 3.95. The van der Waals surface area contributed by atoms with Crippen molar-refractivity contribution in [2.75, 3.05) is 13.6 Å². The van der Waals surface area contributed by atoms with Crippen LogP contribution in [0.5, 0.6) is 0 Å². The van der Waals surface area contributed by atoms with Crippen molar-refractivity contribution in [3.8, 4) is 0 Å². The molecular weight excluding hydrogens is 323 g/mol. The van der Waals surface area contributed by atoms with E-state index in [9.17, 15) is 18.0 Å². The molecule has 1 atom stereocenters. The molecule has 19 heavy (non-hydrogen) atoms. The van der Waals surface area contributed by atoms with Gasteiger partial charge in [0.25, 0.3) is 5.91 Å². The maximum Gasteiger partial charge on any atom is 0.416 e. The van der Waals surface area contributed by atoms with Crippen molar-refractivity contribution < 1.29 is 18.0 Å². The Kier molecular flexibility index (Phi) is 5.40. The van der Waals surface area contributed by atoms with Crippen LogP contribution in [0.2, 0.25) is 0 Å². The number of carbonyl (C=O) groups excluding carboxylic acids is 1. The molecule has 0 saturated carbocycles. The molecule has 0 aliphatic rings. The van der Waals surface area contributed by atoms with Gasteiger partial charge in [-0.2, -0.15) is 13.2 Å². The number of nitrogens with zero attached hydrogens (tertiary/aromatic N) is 1. The summed E-state index contributed by atoms with van der Waals surface area (Å²) in [5.74, 6) is -0.403. The van der Waals surface area contributed by atoms with E-state index < -0.39 is 17.6 Å². The molecule has 0 fully saturated rings. The monoisotopic (exact) mass is 337 g/mol. The van der Waals surface area contributed by atoms with Crippen LogP contribution in [0.1, 0.15) is 29.3 Å². The van der Waals surface area contributed by atoms with Crippen molar-refractivity contribution in [1.29, 1.82) is 0 Å². The van der Waals surface area contributed by atoms with Gasteiger partial charge in [-0.25, -0.2) is 0 Å². The fourth-order valence-electron chi connectivity index (χ4n) is 1.52. The van der Waals surface area contributed by atoms with Gasteiger partial charge in [0.1, 0.15) is 0 Å². The number of halogens is 4. The Bertz CT molecular complexity index is 446. The summed E-state index contributed by atoms with van der Waals surface area (Å²) in [6, 6.07) is 4.48. The van der Waals surface area contributed by atoms with E-state index in [1.165, 1.54) is 17.0 Å². The Morgan fingerprint density at radius 3 is 2.58 bits per heavy atom. The van der Waals surface area contributed by atoms with E-state index in [-0.39, 0.29) is 10.4 Å². The van der Waals surface area contributed by atoms with E-state index in [0.29, 0.717) is 6.54 Å². The van der Waals surface area contributed by atoms with Gasteiger partial charge in [-0.1, -0.05) is 28.9 Å². The average molecular weight is 338 g/mol. The first-order valence-electron chi connectivity index (χ1n) is 5.78. The highest BCUT2D eigenvalue weighted by Gasteiger charge is 2.31. The molecule has 1 aromatic carbocycles. The topological polar surface area (TPSA) is 20.3 Å². The van der Waals surface area contributed by atoms with Gasteiger partial charge in [0, 0.05) is 24.0 Å². The number of hydrogen-bond acceptors (Lipinski definition) is 1. The third-order valence-electron chi connectivity index (χ3n) is 2.65. The van der Waals surface area contributed by atoms with Crippen LogP contribution in [0.25, 0.3) is 0 Å². The van der Waals surface area contributed by atoms with Crippen molar-refractivity contribution in [3.05, 3.63) is 35.4 Å². The van der Waals surface area contributed by atoms with E-state index in [0.717, 1.165) is 18.6 Å². The summed E-state index contributed by atoms with van der Waals surface area (Å²) in [5, 5.41) is 0. The zero-order chi connectivity index (χ0) is 14.6. The molecule has 1 rings (SSSR count). The fourth-order valence-corrected chi connectivity index (χ4v) is 1.73. The lowest BCUT2D eigenvalue weighted by molar-refractivity contribution is -0.137. The maximum atomic E-state index is 12.6. The molecule has 0 heterocycles. The van der Waals surface area contributed by atoms with Gasteiger partial charge in [0.2, 0.25) is 0 Å². The molecule has 1 amide bonds. The highest BCUT2D eigenvalue weighted by Crippen LogP contribution is 2.29. The summed E-state index contributed by atoms with van der Waals surface area (Å²) in [7, 11) is 1.58. The summed E-state index contributed by atoms with van der Waals surface area (Å²) in [4.78, 5) is 13.7. The van der Waals surface area contributed by atoms with Gasteiger partial charge in [-0.15, -0.1) is 0 Å². The molecule has 0 radical (unpaired) electrons. The van der Waals surface area contributed by atoms with Crippen LogP contribution in [-0.2, 0) is 6.18 Å². The molecule has 0 saturated heterocycles. The number of alkyl halides is 4. The maximum absolute atomic E-state index is 12.6. The van der Waals surface area contributed by atoms with Crippen LogP contribution < -0.4 is 0 Å². The van der Waals surface area contributed by atoms with Crippen molar-refractivity contribution >= 4 is 21.8 Å². The number of carbonyl (C=O) groups is 1. The second-order valence-electron chi connectivity index (χ2n) is 4.37. The predicted molar refractivity (Wildman–Crippen MR) is 71.4 cm³/mol. The van der Waals surface area contributed by atoms with E-state index in [1.54, 1.807) is 7.05 Å². The minimum atomic E-state index is -4.43. The van der Waals surface area contributed by atoms with Crippen LogP contribution >= 0.6 is 15.9 Å². The normalized spacial score (nSPS) is 13.2. The fraction of sp³-hybridized carbons (Fsp3) is 0.462. The van der Waals surface area contributed by atoms with Crippen LogP contribution in [0.3, 0.4) is 0 Å². The van der Waals surface area contributed by atoms with Crippen LogP contribution in [0, 0.1) is 0 Å². The lowest BCUT2D eigenvalue weighted by Gasteiger charge is -2.18. The second-order valence-corrected chi connectivity index (χ2v) is 5.94. The van der Waals surface area contributed by atoms with Gasteiger partial charge in [-0.3, -0.25) is 4.79 Å². The number of benzene rings is 1. The molecule has 0 bridgehead atoms. The van der Waals surface area contributed by atoms with Gasteiger partial charge < -0.3 is 4.90 Å². The standard InChI is InChI=1S/C13H15BrF3NO/c1-9(14)6-7-18(2)12(19)10-4-3-5-11(8-10)13(15,16)17/h3-5,8-9H,6-7H2,1-2H3. The third kappa shape index (κ3) is 4.86. The Hall–Kier alpha value is -1.04. The summed E-state index contributed by atoms with van der Waals surface area (Å²) < 4.78 is 37.7. The summed E-state index contributed by atoms with van der Waals surface area (Å²) in [6.45, 7) is 2.43. The van der Waals surface area contributed by atoms with Crippen LogP contribution in [0.4, 0.5) is 13.2 Å². The molecule has 6 heteroatoms. The molecular formula is C13H15BrF3NO. The number of rotatable bonds is 4. The Morgan fingerprint density at radius 2 is 2.05 bits per heavy atom. The first-order chi connectivity index (χ1) is 8.71. The molecule has 1 aromatic rings. The first kappa shape index (κ1) is 16.0. The van der Waals surface area contributed by atoms with Crippen molar-refractivity contribution in [2.24, 2.45) is 0 Å². The third-order valence-corrected chi connectivity index (χ3v) is 3.10. The Balaban J connectivity index is 2.82.